The molecular weight excluding hydrogens is 217 g/mol. The molecular formula is C10H14FNO4. The van der Waals surface area contributed by atoms with Gasteiger partial charge in [-0.25, -0.2) is 9.18 Å². The smallest absolute Gasteiger partial charge is 0.358 e. The van der Waals surface area contributed by atoms with Gasteiger partial charge in [0.25, 0.3) is 5.67 Å². The van der Waals surface area contributed by atoms with Gasteiger partial charge < -0.3 is 9.47 Å². The second-order valence-corrected chi connectivity index (χ2v) is 2.94. The van der Waals surface area contributed by atoms with Crippen molar-refractivity contribution in [1.82, 2.24) is 0 Å². The Labute approximate surface area is 93.1 Å². The van der Waals surface area contributed by atoms with Gasteiger partial charge in [0, 0.05) is 6.42 Å². The minimum absolute atomic E-state index is 0.0222. The van der Waals surface area contributed by atoms with Crippen LogP contribution in [0.4, 0.5) is 4.39 Å². The van der Waals surface area contributed by atoms with Crippen LogP contribution < -0.4 is 0 Å². The summed E-state index contributed by atoms with van der Waals surface area (Å²) in [7, 11) is 0. The summed E-state index contributed by atoms with van der Waals surface area (Å²) in [6.07, 6.45) is -0.891. The molecule has 5 nitrogen and oxygen atoms in total. The molecule has 0 spiro atoms. The standard InChI is InChI=1S/C10H14FNO4/c1-3-15-8(13)5-6-10(11,7-12)9(14)16-4-2/h3-6H2,1-2H3/t10-/m0/s1. The highest BCUT2D eigenvalue weighted by Gasteiger charge is 2.41. The van der Waals surface area contributed by atoms with Crippen molar-refractivity contribution >= 4 is 11.9 Å². The number of ether oxygens (including phenoxy) is 2. The molecule has 0 aromatic heterocycles. The summed E-state index contributed by atoms with van der Waals surface area (Å²) in [5.74, 6) is -1.91. The lowest BCUT2D eigenvalue weighted by Gasteiger charge is -2.14. The van der Waals surface area contributed by atoms with Gasteiger partial charge >= 0.3 is 11.9 Å². The lowest BCUT2D eigenvalue weighted by Crippen LogP contribution is -2.34. The number of rotatable bonds is 6. The highest BCUT2D eigenvalue weighted by atomic mass is 19.1. The summed E-state index contributed by atoms with van der Waals surface area (Å²) in [5.41, 5.74) is -2.78. The second-order valence-electron chi connectivity index (χ2n) is 2.94. The SMILES string of the molecule is CCOC(=O)CC[C@](F)(C#N)C(=O)OCC. The minimum atomic E-state index is -2.78. The zero-order valence-corrected chi connectivity index (χ0v) is 9.29. The fraction of sp³-hybridized carbons (Fsp3) is 0.700. The predicted molar refractivity (Wildman–Crippen MR) is 52.0 cm³/mol. The summed E-state index contributed by atoms with van der Waals surface area (Å²) in [4.78, 5) is 22.0. The number of nitrogens with zero attached hydrogens (tertiary/aromatic N) is 1. The molecule has 90 valence electrons. The van der Waals surface area contributed by atoms with Crippen LogP contribution in [0.2, 0.25) is 0 Å². The van der Waals surface area contributed by atoms with Crippen LogP contribution >= 0.6 is 0 Å². The first kappa shape index (κ1) is 14.4. The van der Waals surface area contributed by atoms with Crippen LogP contribution in [-0.4, -0.2) is 30.8 Å². The van der Waals surface area contributed by atoms with Crippen LogP contribution in [0.25, 0.3) is 0 Å². The number of halogens is 1. The van der Waals surface area contributed by atoms with Crippen molar-refractivity contribution in [2.24, 2.45) is 0 Å². The Kier molecular flexibility index (Phi) is 6.08. The Morgan fingerprint density at radius 1 is 1.31 bits per heavy atom. The van der Waals surface area contributed by atoms with Gasteiger partial charge in [-0.3, -0.25) is 4.79 Å². The predicted octanol–water partition coefficient (Wildman–Crippen LogP) is 1.12. The Balaban J connectivity index is 4.33. The molecule has 0 rings (SSSR count). The molecule has 1 atom stereocenters. The molecule has 0 aliphatic heterocycles. The molecule has 6 heteroatoms. The van der Waals surface area contributed by atoms with Crippen molar-refractivity contribution in [3.05, 3.63) is 0 Å². The quantitative estimate of drug-likeness (QED) is 0.640. The first-order chi connectivity index (χ1) is 7.50. The van der Waals surface area contributed by atoms with Crippen LogP contribution in [0.3, 0.4) is 0 Å². The first-order valence-electron chi connectivity index (χ1n) is 4.93. The summed E-state index contributed by atoms with van der Waals surface area (Å²) >= 11 is 0. The van der Waals surface area contributed by atoms with E-state index in [1.807, 2.05) is 0 Å². The van der Waals surface area contributed by atoms with E-state index in [9.17, 15) is 14.0 Å². The van der Waals surface area contributed by atoms with Gasteiger partial charge in [0.1, 0.15) is 6.07 Å². The fourth-order valence-corrected chi connectivity index (χ4v) is 0.957. The maximum Gasteiger partial charge on any atom is 0.358 e. The lowest BCUT2D eigenvalue weighted by molar-refractivity contribution is -0.154. The van der Waals surface area contributed by atoms with Crippen LogP contribution in [0.15, 0.2) is 0 Å². The van der Waals surface area contributed by atoms with Gasteiger partial charge in [0.05, 0.1) is 19.6 Å². The zero-order chi connectivity index (χ0) is 12.6. The van der Waals surface area contributed by atoms with Crippen LogP contribution in [-0.2, 0) is 19.1 Å². The fourth-order valence-electron chi connectivity index (χ4n) is 0.957. The molecule has 0 radical (unpaired) electrons. The first-order valence-corrected chi connectivity index (χ1v) is 4.93. The van der Waals surface area contributed by atoms with Crippen LogP contribution in [0, 0.1) is 11.3 Å². The average molecular weight is 231 g/mol. The van der Waals surface area contributed by atoms with E-state index in [-0.39, 0.29) is 19.6 Å². The molecule has 0 aromatic carbocycles. The number of esters is 2. The number of carbonyl (C=O) groups is 2. The van der Waals surface area contributed by atoms with Crippen LogP contribution in [0.1, 0.15) is 26.7 Å². The molecule has 0 aliphatic rings. The molecule has 0 fully saturated rings. The van der Waals surface area contributed by atoms with Crippen molar-refractivity contribution in [2.75, 3.05) is 13.2 Å². The Morgan fingerprint density at radius 3 is 2.31 bits per heavy atom. The monoisotopic (exact) mass is 231 g/mol. The topological polar surface area (TPSA) is 76.4 Å². The summed E-state index contributed by atoms with van der Waals surface area (Å²) in [5, 5.41) is 8.55. The zero-order valence-electron chi connectivity index (χ0n) is 9.29. The molecule has 0 aromatic rings. The molecule has 0 saturated carbocycles. The molecule has 0 amide bonds. The van der Waals surface area contributed by atoms with E-state index in [1.54, 1.807) is 6.92 Å². The van der Waals surface area contributed by atoms with Gasteiger partial charge in [0.15, 0.2) is 0 Å². The van der Waals surface area contributed by atoms with Gasteiger partial charge in [-0.15, -0.1) is 0 Å². The maximum absolute atomic E-state index is 13.7. The molecule has 0 N–H and O–H groups in total. The van der Waals surface area contributed by atoms with Crippen molar-refractivity contribution in [1.29, 1.82) is 5.26 Å². The van der Waals surface area contributed by atoms with Gasteiger partial charge in [-0.1, -0.05) is 0 Å². The van der Waals surface area contributed by atoms with E-state index in [4.69, 9.17) is 5.26 Å². The maximum atomic E-state index is 13.7. The van der Waals surface area contributed by atoms with Crippen molar-refractivity contribution < 1.29 is 23.5 Å². The second kappa shape index (κ2) is 6.77. The van der Waals surface area contributed by atoms with Gasteiger partial charge in [0.2, 0.25) is 0 Å². The third kappa shape index (κ3) is 4.26. The van der Waals surface area contributed by atoms with E-state index in [0.29, 0.717) is 0 Å². The summed E-state index contributed by atoms with van der Waals surface area (Å²) < 4.78 is 22.6. The van der Waals surface area contributed by atoms with Gasteiger partial charge in [-0.2, -0.15) is 5.26 Å². The normalized spacial score (nSPS) is 13.4. The minimum Gasteiger partial charge on any atom is -0.466 e. The molecule has 16 heavy (non-hydrogen) atoms. The van der Waals surface area contributed by atoms with Crippen molar-refractivity contribution in [2.45, 2.75) is 32.4 Å². The molecule has 0 aliphatic carbocycles. The number of carbonyl (C=O) groups excluding carboxylic acids is 2. The van der Waals surface area contributed by atoms with E-state index < -0.39 is 24.0 Å². The van der Waals surface area contributed by atoms with Crippen LogP contribution in [0.5, 0.6) is 0 Å². The molecule has 0 heterocycles. The third-order valence-electron chi connectivity index (χ3n) is 1.76. The Bertz CT molecular complexity index is 300. The van der Waals surface area contributed by atoms with E-state index in [1.165, 1.54) is 13.0 Å². The molecule has 0 unspecified atom stereocenters. The highest BCUT2D eigenvalue weighted by molar-refractivity contribution is 5.83. The number of alkyl halides is 1. The average Bonchev–Trinajstić information content (AvgIpc) is 2.26. The number of nitriles is 1. The van der Waals surface area contributed by atoms with Gasteiger partial charge in [-0.05, 0) is 13.8 Å². The summed E-state index contributed by atoms with van der Waals surface area (Å²) in [6.45, 7) is 3.26. The van der Waals surface area contributed by atoms with E-state index in [2.05, 4.69) is 9.47 Å². The Morgan fingerprint density at radius 2 is 1.88 bits per heavy atom. The van der Waals surface area contributed by atoms with Crippen molar-refractivity contribution in [3.8, 4) is 6.07 Å². The number of hydrogen-bond acceptors (Lipinski definition) is 5. The highest BCUT2D eigenvalue weighted by Crippen LogP contribution is 2.20. The molecule has 0 bridgehead atoms. The Hall–Kier alpha value is -1.64. The number of hydrogen-bond donors (Lipinski definition) is 0. The van der Waals surface area contributed by atoms with E-state index >= 15 is 0 Å². The summed E-state index contributed by atoms with van der Waals surface area (Å²) in [6, 6.07) is 1.21. The van der Waals surface area contributed by atoms with Crippen molar-refractivity contribution in [3.63, 3.8) is 0 Å². The third-order valence-corrected chi connectivity index (χ3v) is 1.76. The molecule has 0 saturated heterocycles. The van der Waals surface area contributed by atoms with E-state index in [0.717, 1.165) is 0 Å². The largest absolute Gasteiger partial charge is 0.466 e. The lowest BCUT2D eigenvalue weighted by atomic mass is 10.0.